The summed E-state index contributed by atoms with van der Waals surface area (Å²) in [7, 11) is 0. The average molecular weight is 501 g/mol. The molecular weight excluding hydrogens is 470 g/mol. The molecule has 1 aromatic heterocycles. The third-order valence-corrected chi connectivity index (χ3v) is 7.75. The smallest absolute Gasteiger partial charge is 0.140 e. The maximum atomic E-state index is 13.7. The summed E-state index contributed by atoms with van der Waals surface area (Å²) in [5.41, 5.74) is 7.68. The van der Waals surface area contributed by atoms with Crippen LogP contribution in [0.5, 0.6) is 0 Å². The van der Waals surface area contributed by atoms with Crippen molar-refractivity contribution in [1.82, 2.24) is 15.3 Å². The number of aromatic nitrogens is 2. The van der Waals surface area contributed by atoms with Crippen LogP contribution in [-0.4, -0.2) is 29.6 Å². The van der Waals surface area contributed by atoms with Gasteiger partial charge in [0.2, 0.25) is 0 Å². The van der Waals surface area contributed by atoms with Gasteiger partial charge in [0.1, 0.15) is 18.0 Å². The molecule has 2 aliphatic heterocycles. The van der Waals surface area contributed by atoms with Crippen LogP contribution in [0.2, 0.25) is 0 Å². The summed E-state index contributed by atoms with van der Waals surface area (Å²) < 4.78 is 13.7. The number of fused-ring (bicyclic) bond motifs is 3. The summed E-state index contributed by atoms with van der Waals surface area (Å²) in [4.78, 5) is 11.9. The van der Waals surface area contributed by atoms with E-state index in [1.807, 2.05) is 6.07 Å². The lowest BCUT2D eigenvalue weighted by Crippen LogP contribution is -2.42. The standard InChI is InChI=1S/C27H29FN4.2ClH/c1-18-5-7-23-25(18)26(31-17-30-23)32-16-27(9-11-29-12-10-27)22-15-20(6-8-24(22)32)13-19-3-2-4-21(28)14-19;;/h2-4,6,8,14-15,17-18,29H,5,7,9-13,16H2,1H3;2*1H/t18-;;/m1../s1. The zero-order valence-electron chi connectivity index (χ0n) is 19.4. The molecular formula is C27H31Cl2FN4. The van der Waals surface area contributed by atoms with Gasteiger partial charge < -0.3 is 10.2 Å². The van der Waals surface area contributed by atoms with Crippen LogP contribution in [0, 0.1) is 5.82 Å². The predicted molar refractivity (Wildman–Crippen MR) is 140 cm³/mol. The highest BCUT2D eigenvalue weighted by atomic mass is 35.5. The van der Waals surface area contributed by atoms with E-state index < -0.39 is 0 Å². The van der Waals surface area contributed by atoms with Crippen LogP contribution in [0.15, 0.2) is 48.8 Å². The van der Waals surface area contributed by atoms with Crippen molar-refractivity contribution in [2.75, 3.05) is 24.5 Å². The minimum absolute atomic E-state index is 0. The van der Waals surface area contributed by atoms with Gasteiger partial charge in [0, 0.05) is 28.9 Å². The highest BCUT2D eigenvalue weighted by molar-refractivity contribution is 5.85. The number of rotatable bonds is 3. The number of hydrogen-bond donors (Lipinski definition) is 1. The molecule has 3 heterocycles. The van der Waals surface area contributed by atoms with E-state index in [-0.39, 0.29) is 36.0 Å². The molecule has 3 aliphatic rings. The van der Waals surface area contributed by atoms with Crippen molar-refractivity contribution < 1.29 is 4.39 Å². The minimum atomic E-state index is -0.170. The van der Waals surface area contributed by atoms with Crippen molar-refractivity contribution in [2.45, 2.75) is 50.4 Å². The first-order valence-electron chi connectivity index (χ1n) is 11.8. The molecule has 6 rings (SSSR count). The van der Waals surface area contributed by atoms with Gasteiger partial charge in [-0.3, -0.25) is 0 Å². The van der Waals surface area contributed by atoms with Gasteiger partial charge in [-0.1, -0.05) is 31.2 Å². The first-order chi connectivity index (χ1) is 15.6. The molecule has 0 saturated carbocycles. The van der Waals surface area contributed by atoms with Crippen LogP contribution in [-0.2, 0) is 18.3 Å². The Balaban J connectivity index is 0.00000137. The van der Waals surface area contributed by atoms with Gasteiger partial charge in [0.25, 0.3) is 0 Å². The number of hydrogen-bond acceptors (Lipinski definition) is 4. The van der Waals surface area contributed by atoms with E-state index in [0.29, 0.717) is 5.92 Å². The molecule has 180 valence electrons. The Labute approximate surface area is 213 Å². The van der Waals surface area contributed by atoms with Gasteiger partial charge in [0.05, 0.1) is 0 Å². The lowest BCUT2D eigenvalue weighted by molar-refractivity contribution is 0.329. The van der Waals surface area contributed by atoms with E-state index in [1.54, 1.807) is 18.5 Å². The molecule has 4 nitrogen and oxygen atoms in total. The van der Waals surface area contributed by atoms with Crippen LogP contribution in [0.25, 0.3) is 0 Å². The van der Waals surface area contributed by atoms with Crippen LogP contribution in [0.3, 0.4) is 0 Å². The summed E-state index contributed by atoms with van der Waals surface area (Å²) in [5.74, 6) is 1.44. The maximum absolute atomic E-state index is 13.7. The number of nitrogens with zero attached hydrogens (tertiary/aromatic N) is 3. The Hall–Kier alpha value is -2.21. The van der Waals surface area contributed by atoms with Crippen LogP contribution >= 0.6 is 24.8 Å². The fourth-order valence-electron chi connectivity index (χ4n) is 6.07. The van der Waals surface area contributed by atoms with Gasteiger partial charge in [-0.05, 0) is 86.0 Å². The molecule has 1 N–H and O–H groups in total. The number of nitrogens with one attached hydrogen (secondary N) is 1. The molecule has 0 bridgehead atoms. The molecule has 7 heteroatoms. The molecule has 1 fully saturated rings. The fourth-order valence-corrected chi connectivity index (χ4v) is 6.07. The van der Waals surface area contributed by atoms with Crippen LogP contribution in [0.1, 0.15) is 60.1 Å². The Morgan fingerprint density at radius 2 is 1.85 bits per heavy atom. The SMILES string of the molecule is C[C@@H]1CCc2ncnc(N3CC4(CCNCC4)c4cc(Cc5cccc(F)c5)ccc43)c21.Cl.Cl. The summed E-state index contributed by atoms with van der Waals surface area (Å²) >= 11 is 0. The lowest BCUT2D eigenvalue weighted by Gasteiger charge is -2.35. The Bertz CT molecular complexity index is 1180. The monoisotopic (exact) mass is 500 g/mol. The summed E-state index contributed by atoms with van der Waals surface area (Å²) in [6, 6.07) is 13.8. The van der Waals surface area contributed by atoms with Crippen molar-refractivity contribution >= 4 is 36.3 Å². The average Bonchev–Trinajstić information content (AvgIpc) is 3.33. The van der Waals surface area contributed by atoms with E-state index in [4.69, 9.17) is 4.98 Å². The van der Waals surface area contributed by atoms with Gasteiger partial charge in [0.15, 0.2) is 0 Å². The second-order valence-electron chi connectivity index (χ2n) is 9.77. The lowest BCUT2D eigenvalue weighted by atomic mass is 9.74. The zero-order chi connectivity index (χ0) is 21.7. The number of benzene rings is 2. The molecule has 0 unspecified atom stereocenters. The number of aryl methyl sites for hydroxylation is 1. The molecule has 0 radical (unpaired) electrons. The summed E-state index contributed by atoms with van der Waals surface area (Å²) in [6.07, 6.45) is 6.96. The van der Waals surface area contributed by atoms with Crippen molar-refractivity contribution in [3.63, 3.8) is 0 Å². The fraction of sp³-hybridized carbons (Fsp3) is 0.407. The van der Waals surface area contributed by atoms with E-state index in [9.17, 15) is 4.39 Å². The van der Waals surface area contributed by atoms with Crippen molar-refractivity contribution in [3.05, 3.63) is 82.6 Å². The molecule has 2 aromatic carbocycles. The predicted octanol–water partition coefficient (Wildman–Crippen LogP) is 5.87. The molecule has 1 spiro atoms. The highest BCUT2D eigenvalue weighted by Gasteiger charge is 2.45. The zero-order valence-corrected chi connectivity index (χ0v) is 21.0. The Morgan fingerprint density at radius 3 is 2.65 bits per heavy atom. The van der Waals surface area contributed by atoms with Gasteiger partial charge >= 0.3 is 0 Å². The largest absolute Gasteiger partial charge is 0.325 e. The van der Waals surface area contributed by atoms with Crippen LogP contribution in [0.4, 0.5) is 15.9 Å². The molecule has 1 atom stereocenters. The van der Waals surface area contributed by atoms with Gasteiger partial charge in [-0.15, -0.1) is 24.8 Å². The second-order valence-corrected chi connectivity index (χ2v) is 9.77. The summed E-state index contributed by atoms with van der Waals surface area (Å²) in [6.45, 7) is 5.36. The Kier molecular flexibility index (Phi) is 7.18. The molecule has 1 aliphatic carbocycles. The highest BCUT2D eigenvalue weighted by Crippen LogP contribution is 2.51. The number of anilines is 2. The van der Waals surface area contributed by atoms with Gasteiger partial charge in [-0.2, -0.15) is 0 Å². The quantitative estimate of drug-likeness (QED) is 0.487. The Morgan fingerprint density at radius 1 is 1.06 bits per heavy atom. The first-order valence-corrected chi connectivity index (χ1v) is 11.8. The molecule has 34 heavy (non-hydrogen) atoms. The molecule has 0 amide bonds. The summed E-state index contributed by atoms with van der Waals surface area (Å²) in [5, 5.41) is 3.54. The van der Waals surface area contributed by atoms with Crippen molar-refractivity contribution in [3.8, 4) is 0 Å². The molecule has 1 saturated heterocycles. The van der Waals surface area contributed by atoms with E-state index in [0.717, 1.165) is 63.1 Å². The van der Waals surface area contributed by atoms with E-state index in [2.05, 4.69) is 40.3 Å². The third kappa shape index (κ3) is 4.19. The normalized spacial score (nSPS) is 19.8. The van der Waals surface area contributed by atoms with E-state index in [1.165, 1.54) is 34.1 Å². The van der Waals surface area contributed by atoms with Crippen molar-refractivity contribution in [2.24, 2.45) is 0 Å². The van der Waals surface area contributed by atoms with Gasteiger partial charge in [-0.25, -0.2) is 14.4 Å². The minimum Gasteiger partial charge on any atom is -0.325 e. The second kappa shape index (κ2) is 9.80. The number of halogens is 3. The van der Waals surface area contributed by atoms with Crippen LogP contribution < -0.4 is 10.2 Å². The molecule has 3 aromatic rings. The van der Waals surface area contributed by atoms with E-state index >= 15 is 0 Å². The first kappa shape index (κ1) is 24.9. The number of piperidine rings is 1. The van der Waals surface area contributed by atoms with Crippen molar-refractivity contribution in [1.29, 1.82) is 0 Å². The third-order valence-electron chi connectivity index (χ3n) is 7.75. The maximum Gasteiger partial charge on any atom is 0.140 e. The topological polar surface area (TPSA) is 41.1 Å².